The van der Waals surface area contributed by atoms with Crippen molar-refractivity contribution in [3.63, 3.8) is 0 Å². The summed E-state index contributed by atoms with van der Waals surface area (Å²) >= 11 is 0. The van der Waals surface area contributed by atoms with Crippen LogP contribution in [0.4, 0.5) is 15.9 Å². The first-order chi connectivity index (χ1) is 12.2. The molecular formula is C18H18FN5O. The Labute approximate surface area is 144 Å². The zero-order chi connectivity index (χ0) is 17.4. The minimum absolute atomic E-state index is 0.269. The second-order valence-corrected chi connectivity index (χ2v) is 6.45. The summed E-state index contributed by atoms with van der Waals surface area (Å²) in [5.41, 5.74) is 2.02. The second-order valence-electron chi connectivity index (χ2n) is 6.45. The van der Waals surface area contributed by atoms with E-state index in [0.29, 0.717) is 34.4 Å². The minimum atomic E-state index is -0.741. The Morgan fingerprint density at radius 3 is 2.84 bits per heavy atom. The Kier molecular flexibility index (Phi) is 3.91. The van der Waals surface area contributed by atoms with Gasteiger partial charge in [-0.25, -0.2) is 14.4 Å². The number of halogens is 1. The van der Waals surface area contributed by atoms with E-state index < -0.39 is 11.7 Å². The van der Waals surface area contributed by atoms with Crippen molar-refractivity contribution in [2.75, 3.05) is 10.6 Å². The average molecular weight is 339 g/mol. The molecule has 25 heavy (non-hydrogen) atoms. The summed E-state index contributed by atoms with van der Waals surface area (Å²) < 4.78 is 13.7. The Bertz CT molecular complexity index is 847. The van der Waals surface area contributed by atoms with Crippen molar-refractivity contribution in [3.8, 4) is 0 Å². The van der Waals surface area contributed by atoms with Crippen molar-refractivity contribution in [2.24, 2.45) is 0 Å². The number of carbonyl (C=O) groups is 1. The molecular weight excluding hydrogens is 321 g/mol. The van der Waals surface area contributed by atoms with E-state index in [1.165, 1.54) is 31.3 Å². The molecule has 2 aromatic rings. The van der Waals surface area contributed by atoms with Crippen LogP contribution in [0.2, 0.25) is 0 Å². The fourth-order valence-corrected chi connectivity index (χ4v) is 3.66. The third-order valence-electron chi connectivity index (χ3n) is 4.87. The predicted molar refractivity (Wildman–Crippen MR) is 92.7 cm³/mol. The maximum absolute atomic E-state index is 13.7. The van der Waals surface area contributed by atoms with Crippen molar-refractivity contribution < 1.29 is 9.18 Å². The van der Waals surface area contributed by atoms with Crippen LogP contribution in [0.3, 0.4) is 0 Å². The van der Waals surface area contributed by atoms with Crippen LogP contribution in [-0.4, -0.2) is 28.1 Å². The molecule has 1 amide bonds. The first kappa shape index (κ1) is 15.7. The topological polar surface area (TPSA) is 90.8 Å². The summed E-state index contributed by atoms with van der Waals surface area (Å²) in [7, 11) is 0. The number of nitrogens with zero attached hydrogens (tertiary/aromatic N) is 2. The molecule has 2 heterocycles. The van der Waals surface area contributed by atoms with Crippen molar-refractivity contribution in [1.29, 1.82) is 5.41 Å². The zero-order valence-corrected chi connectivity index (χ0v) is 13.6. The van der Waals surface area contributed by atoms with Crippen LogP contribution in [0.5, 0.6) is 0 Å². The van der Waals surface area contributed by atoms with Gasteiger partial charge in [0.1, 0.15) is 23.9 Å². The number of hydrogen-bond donors (Lipinski definition) is 3. The molecule has 1 atom stereocenters. The molecule has 0 saturated heterocycles. The number of fused-ring (bicyclic) bond motifs is 1. The molecule has 4 rings (SSSR count). The molecule has 128 valence electrons. The quantitative estimate of drug-likeness (QED) is 0.747. The molecule has 1 fully saturated rings. The lowest BCUT2D eigenvalue weighted by molar-refractivity contribution is -0.116. The molecule has 0 bridgehead atoms. The number of hydrogen-bond acceptors (Lipinski definition) is 5. The first-order valence-corrected chi connectivity index (χ1v) is 8.39. The molecule has 1 aliphatic carbocycles. The molecule has 1 aromatic heterocycles. The lowest BCUT2D eigenvalue weighted by Crippen LogP contribution is -2.21. The van der Waals surface area contributed by atoms with E-state index >= 15 is 0 Å². The lowest BCUT2D eigenvalue weighted by Gasteiger charge is -2.18. The summed E-state index contributed by atoms with van der Waals surface area (Å²) in [6, 6.07) is 4.53. The largest absolute Gasteiger partial charge is 0.367 e. The summed E-state index contributed by atoms with van der Waals surface area (Å²) in [5, 5.41) is 13.9. The van der Waals surface area contributed by atoms with E-state index in [2.05, 4.69) is 20.6 Å². The molecule has 1 unspecified atom stereocenters. The minimum Gasteiger partial charge on any atom is -0.367 e. The van der Waals surface area contributed by atoms with Crippen molar-refractivity contribution >= 4 is 23.6 Å². The molecule has 3 N–H and O–H groups in total. The van der Waals surface area contributed by atoms with Crippen LogP contribution >= 0.6 is 0 Å². The molecule has 0 spiro atoms. The van der Waals surface area contributed by atoms with Crippen molar-refractivity contribution in [2.45, 2.75) is 37.6 Å². The van der Waals surface area contributed by atoms with E-state index in [1.807, 2.05) is 0 Å². The predicted octanol–water partition coefficient (Wildman–Crippen LogP) is 3.05. The number of nitrogens with one attached hydrogen (secondary N) is 3. The van der Waals surface area contributed by atoms with Gasteiger partial charge >= 0.3 is 0 Å². The van der Waals surface area contributed by atoms with E-state index in [4.69, 9.17) is 5.41 Å². The monoisotopic (exact) mass is 339 g/mol. The highest BCUT2D eigenvalue weighted by Gasteiger charge is 2.35. The molecule has 1 saturated carbocycles. The van der Waals surface area contributed by atoms with Gasteiger partial charge in [0, 0.05) is 17.9 Å². The number of aromatic nitrogens is 2. The maximum atomic E-state index is 13.7. The second kappa shape index (κ2) is 6.23. The SMILES string of the molecule is N=Cc1c(NC2CCCC2)ncnc1C1C(=O)Nc2ccc(F)cc21. The highest BCUT2D eigenvalue weighted by atomic mass is 19.1. The van der Waals surface area contributed by atoms with Gasteiger partial charge in [0.25, 0.3) is 0 Å². The van der Waals surface area contributed by atoms with Gasteiger partial charge in [0.15, 0.2) is 0 Å². The Hall–Kier alpha value is -2.83. The van der Waals surface area contributed by atoms with Gasteiger partial charge in [-0.05, 0) is 36.6 Å². The van der Waals surface area contributed by atoms with Crippen LogP contribution in [0.25, 0.3) is 0 Å². The Balaban J connectivity index is 1.77. The van der Waals surface area contributed by atoms with Gasteiger partial charge in [-0.15, -0.1) is 0 Å². The van der Waals surface area contributed by atoms with Gasteiger partial charge in [0.05, 0.1) is 11.3 Å². The average Bonchev–Trinajstić information content (AvgIpc) is 3.21. The number of amides is 1. The molecule has 1 aromatic carbocycles. The standard InChI is InChI=1S/C18H18FN5O/c19-10-5-6-14-12(7-10)15(18(25)24-14)16-13(8-20)17(22-9-21-16)23-11-3-1-2-4-11/h5-9,11,15,20H,1-4H2,(H,24,25)(H,21,22,23). The zero-order valence-electron chi connectivity index (χ0n) is 13.6. The van der Waals surface area contributed by atoms with E-state index in [9.17, 15) is 9.18 Å². The maximum Gasteiger partial charge on any atom is 0.238 e. The van der Waals surface area contributed by atoms with Gasteiger partial charge in [0.2, 0.25) is 5.91 Å². The third-order valence-corrected chi connectivity index (χ3v) is 4.87. The van der Waals surface area contributed by atoms with E-state index in [1.54, 1.807) is 6.07 Å². The van der Waals surface area contributed by atoms with Crippen LogP contribution in [0.15, 0.2) is 24.5 Å². The van der Waals surface area contributed by atoms with Crippen LogP contribution in [-0.2, 0) is 4.79 Å². The van der Waals surface area contributed by atoms with Crippen LogP contribution in [0.1, 0.15) is 48.4 Å². The van der Waals surface area contributed by atoms with Crippen molar-refractivity contribution in [3.05, 3.63) is 47.2 Å². The highest BCUT2D eigenvalue weighted by Crippen LogP contribution is 2.38. The summed E-state index contributed by atoms with van der Waals surface area (Å²) in [4.78, 5) is 21.0. The van der Waals surface area contributed by atoms with Gasteiger partial charge in [-0.1, -0.05) is 12.8 Å². The van der Waals surface area contributed by atoms with Crippen molar-refractivity contribution in [1.82, 2.24) is 9.97 Å². The number of carbonyl (C=O) groups excluding carboxylic acids is 1. The molecule has 2 aliphatic rings. The van der Waals surface area contributed by atoms with Gasteiger partial charge in [-0.2, -0.15) is 0 Å². The lowest BCUT2D eigenvalue weighted by atomic mass is 9.93. The Morgan fingerprint density at radius 2 is 2.08 bits per heavy atom. The molecule has 0 radical (unpaired) electrons. The van der Waals surface area contributed by atoms with Gasteiger partial charge in [-0.3, -0.25) is 4.79 Å². The summed E-state index contributed by atoms with van der Waals surface area (Å²) in [6.45, 7) is 0. The van der Waals surface area contributed by atoms with Gasteiger partial charge < -0.3 is 16.0 Å². The first-order valence-electron chi connectivity index (χ1n) is 8.39. The fraction of sp³-hybridized carbons (Fsp3) is 0.333. The number of rotatable bonds is 4. The summed E-state index contributed by atoms with van der Waals surface area (Å²) in [6.07, 6.45) is 7.03. The molecule has 1 aliphatic heterocycles. The van der Waals surface area contributed by atoms with Crippen LogP contribution < -0.4 is 10.6 Å². The van der Waals surface area contributed by atoms with E-state index in [-0.39, 0.29) is 5.91 Å². The fourth-order valence-electron chi connectivity index (χ4n) is 3.66. The number of benzene rings is 1. The highest BCUT2D eigenvalue weighted by molar-refractivity contribution is 6.06. The smallest absolute Gasteiger partial charge is 0.238 e. The Morgan fingerprint density at radius 1 is 1.28 bits per heavy atom. The number of anilines is 2. The molecule has 6 nitrogen and oxygen atoms in total. The third kappa shape index (κ3) is 2.75. The van der Waals surface area contributed by atoms with E-state index in [0.717, 1.165) is 19.1 Å². The normalized spacial score (nSPS) is 19.6. The molecule has 7 heteroatoms. The summed E-state index contributed by atoms with van der Waals surface area (Å²) in [5.74, 6) is -0.858. The van der Waals surface area contributed by atoms with Crippen LogP contribution in [0, 0.1) is 11.2 Å².